The molecule has 2 heterocycles. The molecule has 0 unspecified atom stereocenters. The van der Waals surface area contributed by atoms with E-state index in [1.807, 2.05) is 43.6 Å². The molecule has 0 atom stereocenters. The van der Waals surface area contributed by atoms with Gasteiger partial charge in [0.25, 0.3) is 0 Å². The predicted octanol–water partition coefficient (Wildman–Crippen LogP) is 1.58. The Morgan fingerprint density at radius 1 is 1.44 bits per heavy atom. The zero-order chi connectivity index (χ0) is 11.4. The fourth-order valence-corrected chi connectivity index (χ4v) is 1.57. The standard InChI is InChI=1S/C12H11N3O/c1-2-7-15-8-5-11-10(4-3-6-13-11)12(15)14-9-16/h2-9H,1H3/b7-2-,14-12-. The van der Waals surface area contributed by atoms with Gasteiger partial charge in [0.1, 0.15) is 5.49 Å². The third kappa shape index (κ3) is 1.77. The van der Waals surface area contributed by atoms with Crippen molar-refractivity contribution >= 4 is 23.5 Å². The number of carbonyl (C=O) groups is 1. The Balaban J connectivity index is 2.90. The van der Waals surface area contributed by atoms with Crippen LogP contribution in [0, 0.1) is 0 Å². The van der Waals surface area contributed by atoms with Crippen LogP contribution in [0.15, 0.2) is 41.7 Å². The summed E-state index contributed by atoms with van der Waals surface area (Å²) in [6.07, 6.45) is 7.81. The first kappa shape index (κ1) is 10.3. The lowest BCUT2D eigenvalue weighted by atomic mass is 10.2. The van der Waals surface area contributed by atoms with Gasteiger partial charge in [-0.1, -0.05) is 6.08 Å². The molecule has 2 aromatic rings. The number of hydrogen-bond acceptors (Lipinski definition) is 2. The summed E-state index contributed by atoms with van der Waals surface area (Å²) in [6.45, 7) is 1.91. The molecule has 0 aliphatic heterocycles. The van der Waals surface area contributed by atoms with Gasteiger partial charge in [-0.05, 0) is 25.1 Å². The average molecular weight is 213 g/mol. The van der Waals surface area contributed by atoms with E-state index in [9.17, 15) is 4.79 Å². The van der Waals surface area contributed by atoms with E-state index in [0.29, 0.717) is 11.9 Å². The molecular formula is C12H11N3O. The van der Waals surface area contributed by atoms with E-state index in [4.69, 9.17) is 0 Å². The Bertz CT molecular complexity index is 611. The molecule has 0 fully saturated rings. The molecule has 2 rings (SSSR count). The Labute approximate surface area is 92.6 Å². The molecule has 4 heteroatoms. The summed E-state index contributed by atoms with van der Waals surface area (Å²) in [5.41, 5.74) is 1.42. The normalized spacial score (nSPS) is 12.4. The van der Waals surface area contributed by atoms with Crippen molar-refractivity contribution in [2.45, 2.75) is 6.92 Å². The van der Waals surface area contributed by atoms with E-state index >= 15 is 0 Å². The molecule has 4 nitrogen and oxygen atoms in total. The first-order valence-corrected chi connectivity index (χ1v) is 4.93. The quantitative estimate of drug-likeness (QED) is 0.711. The number of hydrogen-bond donors (Lipinski definition) is 0. The van der Waals surface area contributed by atoms with Gasteiger partial charge in [-0.3, -0.25) is 9.78 Å². The molecule has 0 aliphatic carbocycles. The number of rotatable bonds is 2. The third-order valence-corrected chi connectivity index (χ3v) is 2.20. The molecule has 0 bridgehead atoms. The summed E-state index contributed by atoms with van der Waals surface area (Å²) in [6, 6.07) is 5.61. The zero-order valence-corrected chi connectivity index (χ0v) is 8.87. The zero-order valence-electron chi connectivity index (χ0n) is 8.87. The lowest BCUT2D eigenvalue weighted by Crippen LogP contribution is -2.17. The maximum absolute atomic E-state index is 10.5. The molecule has 1 amide bonds. The predicted molar refractivity (Wildman–Crippen MR) is 62.4 cm³/mol. The second kappa shape index (κ2) is 4.53. The van der Waals surface area contributed by atoms with Crippen LogP contribution in [-0.2, 0) is 4.79 Å². The van der Waals surface area contributed by atoms with E-state index in [1.54, 1.807) is 10.8 Å². The van der Waals surface area contributed by atoms with E-state index in [-0.39, 0.29) is 0 Å². The monoisotopic (exact) mass is 213 g/mol. The van der Waals surface area contributed by atoms with Crippen LogP contribution in [-0.4, -0.2) is 16.0 Å². The van der Waals surface area contributed by atoms with Crippen molar-refractivity contribution in [2.24, 2.45) is 4.99 Å². The maximum atomic E-state index is 10.5. The van der Waals surface area contributed by atoms with Crippen LogP contribution in [0.1, 0.15) is 6.92 Å². The smallest absolute Gasteiger partial charge is 0.234 e. The van der Waals surface area contributed by atoms with E-state index < -0.39 is 0 Å². The summed E-state index contributed by atoms with van der Waals surface area (Å²) in [7, 11) is 0. The number of aromatic nitrogens is 2. The number of pyridine rings is 2. The van der Waals surface area contributed by atoms with Gasteiger partial charge in [-0.25, -0.2) is 0 Å². The van der Waals surface area contributed by atoms with Crippen LogP contribution in [0.2, 0.25) is 0 Å². The minimum absolute atomic E-state index is 0.543. The fraction of sp³-hybridized carbons (Fsp3) is 0.0833. The van der Waals surface area contributed by atoms with E-state index in [1.165, 1.54) is 0 Å². The summed E-state index contributed by atoms with van der Waals surface area (Å²) >= 11 is 0. The van der Waals surface area contributed by atoms with Crippen molar-refractivity contribution in [3.63, 3.8) is 0 Å². The Morgan fingerprint density at radius 3 is 3.06 bits per heavy atom. The summed E-state index contributed by atoms with van der Waals surface area (Å²) in [4.78, 5) is 18.6. The van der Waals surface area contributed by atoms with Gasteiger partial charge >= 0.3 is 0 Å². The molecule has 80 valence electrons. The van der Waals surface area contributed by atoms with Gasteiger partial charge in [-0.15, -0.1) is 0 Å². The van der Waals surface area contributed by atoms with Crippen LogP contribution >= 0.6 is 0 Å². The van der Waals surface area contributed by atoms with Crippen molar-refractivity contribution in [1.82, 2.24) is 9.55 Å². The largest absolute Gasteiger partial charge is 0.308 e. The van der Waals surface area contributed by atoms with Crippen LogP contribution in [0.25, 0.3) is 17.1 Å². The van der Waals surface area contributed by atoms with Crippen molar-refractivity contribution in [2.75, 3.05) is 0 Å². The first-order chi connectivity index (χ1) is 7.86. The van der Waals surface area contributed by atoms with Gasteiger partial charge in [-0.2, -0.15) is 4.99 Å². The van der Waals surface area contributed by atoms with Crippen LogP contribution < -0.4 is 5.49 Å². The number of carbonyl (C=O) groups excluding carboxylic acids is 1. The van der Waals surface area contributed by atoms with Crippen LogP contribution in [0.5, 0.6) is 0 Å². The van der Waals surface area contributed by atoms with Gasteiger partial charge < -0.3 is 4.57 Å². The summed E-state index contributed by atoms with van der Waals surface area (Å²) in [5.74, 6) is 0. The molecule has 0 saturated heterocycles. The molecule has 0 radical (unpaired) electrons. The third-order valence-electron chi connectivity index (χ3n) is 2.20. The average Bonchev–Trinajstić information content (AvgIpc) is 2.32. The molecule has 0 saturated carbocycles. The highest BCUT2D eigenvalue weighted by Crippen LogP contribution is 2.04. The second-order valence-electron chi connectivity index (χ2n) is 3.20. The highest BCUT2D eigenvalue weighted by atomic mass is 16.1. The molecule has 2 aromatic heterocycles. The van der Waals surface area contributed by atoms with Gasteiger partial charge in [0, 0.05) is 24.0 Å². The Hall–Kier alpha value is -2.23. The van der Waals surface area contributed by atoms with E-state index in [0.717, 1.165) is 10.9 Å². The van der Waals surface area contributed by atoms with Crippen LogP contribution in [0.3, 0.4) is 0 Å². The topological polar surface area (TPSA) is 47.2 Å². The van der Waals surface area contributed by atoms with Crippen molar-refractivity contribution in [3.05, 3.63) is 42.2 Å². The molecule has 0 aromatic carbocycles. The summed E-state index contributed by atoms with van der Waals surface area (Å²) < 4.78 is 1.79. The van der Waals surface area contributed by atoms with Crippen molar-refractivity contribution in [1.29, 1.82) is 0 Å². The Kier molecular flexibility index (Phi) is 2.91. The molecule has 16 heavy (non-hydrogen) atoms. The highest BCUT2D eigenvalue weighted by molar-refractivity contribution is 5.77. The number of amides is 1. The number of allylic oxidation sites excluding steroid dienone is 1. The SMILES string of the molecule is C/C=C\n1ccc2ncccc2/c1=N/C=O. The molecule has 0 spiro atoms. The minimum atomic E-state index is 0.543. The fourth-order valence-electron chi connectivity index (χ4n) is 1.57. The molecular weight excluding hydrogens is 202 g/mol. The van der Waals surface area contributed by atoms with Gasteiger partial charge in [0.05, 0.1) is 5.52 Å². The highest BCUT2D eigenvalue weighted by Gasteiger charge is 1.98. The number of nitrogens with zero attached hydrogens (tertiary/aromatic N) is 3. The molecule has 0 N–H and O–H groups in total. The summed E-state index contributed by atoms with van der Waals surface area (Å²) in [5, 5.41) is 0.857. The van der Waals surface area contributed by atoms with Crippen molar-refractivity contribution in [3.8, 4) is 0 Å². The second-order valence-corrected chi connectivity index (χ2v) is 3.20. The lowest BCUT2D eigenvalue weighted by molar-refractivity contribution is -0.107. The maximum Gasteiger partial charge on any atom is 0.234 e. The van der Waals surface area contributed by atoms with E-state index in [2.05, 4.69) is 9.98 Å². The minimum Gasteiger partial charge on any atom is -0.308 e. The first-order valence-electron chi connectivity index (χ1n) is 4.93. The Morgan fingerprint density at radius 2 is 2.31 bits per heavy atom. The van der Waals surface area contributed by atoms with Gasteiger partial charge in [0.15, 0.2) is 0 Å². The van der Waals surface area contributed by atoms with Gasteiger partial charge in [0.2, 0.25) is 6.41 Å². The number of fused-ring (bicyclic) bond motifs is 1. The lowest BCUT2D eigenvalue weighted by Gasteiger charge is -2.03. The van der Waals surface area contributed by atoms with Crippen molar-refractivity contribution < 1.29 is 4.79 Å². The molecule has 0 aliphatic rings. The van der Waals surface area contributed by atoms with Crippen LogP contribution in [0.4, 0.5) is 0 Å².